The average Bonchev–Trinajstić information content (AvgIpc) is 2.42. The first-order valence-electron chi connectivity index (χ1n) is 5.95. The summed E-state index contributed by atoms with van der Waals surface area (Å²) in [5.41, 5.74) is 6.78. The number of hydrogen-bond acceptors (Lipinski definition) is 3. The van der Waals surface area contributed by atoms with Gasteiger partial charge in [0.1, 0.15) is 5.75 Å². The molecule has 7 heteroatoms. The van der Waals surface area contributed by atoms with E-state index in [-0.39, 0.29) is 11.7 Å². The van der Waals surface area contributed by atoms with E-state index < -0.39 is 10.8 Å². The third-order valence-corrected chi connectivity index (χ3v) is 5.08. The molecule has 1 atom stereocenters. The van der Waals surface area contributed by atoms with Crippen LogP contribution in [0.4, 0.5) is 11.4 Å². The maximum atomic E-state index is 12.1. The molecule has 110 valence electrons. The van der Waals surface area contributed by atoms with E-state index in [1.165, 1.54) is 0 Å². The van der Waals surface area contributed by atoms with Gasteiger partial charge in [0.25, 0.3) is 0 Å². The zero-order valence-corrected chi connectivity index (χ0v) is 14.0. The zero-order chi connectivity index (χ0) is 15.4. The molecule has 0 radical (unpaired) electrons. The maximum Gasteiger partial charge on any atom is 0.237 e. The van der Waals surface area contributed by atoms with Crippen molar-refractivity contribution < 1.29 is 9.00 Å². The smallest absolute Gasteiger partial charge is 0.237 e. The fourth-order valence-corrected chi connectivity index (χ4v) is 3.52. The fraction of sp³-hybridized carbons (Fsp3) is 0.0714. The van der Waals surface area contributed by atoms with Gasteiger partial charge in [-0.1, -0.05) is 23.7 Å². The number of halogens is 2. The monoisotopic (exact) mass is 386 g/mol. The highest BCUT2D eigenvalue weighted by atomic mass is 79.9. The number of nitrogen functional groups attached to an aromatic ring is 1. The number of benzene rings is 2. The summed E-state index contributed by atoms with van der Waals surface area (Å²) >= 11 is 9.27. The van der Waals surface area contributed by atoms with Crippen molar-refractivity contribution in [2.75, 3.05) is 16.8 Å². The summed E-state index contributed by atoms with van der Waals surface area (Å²) < 4.78 is 12.8. The van der Waals surface area contributed by atoms with E-state index in [4.69, 9.17) is 17.3 Å². The Morgan fingerprint density at radius 3 is 2.67 bits per heavy atom. The molecule has 0 bridgehead atoms. The van der Waals surface area contributed by atoms with Gasteiger partial charge in [-0.3, -0.25) is 9.00 Å². The second kappa shape index (κ2) is 7.06. The molecule has 0 aliphatic heterocycles. The number of nitrogens with two attached hydrogens (primary N) is 1. The van der Waals surface area contributed by atoms with E-state index in [1.807, 2.05) is 0 Å². The molecule has 2 rings (SSSR count). The molecule has 4 nitrogen and oxygen atoms in total. The molecule has 0 spiro atoms. The molecule has 1 amide bonds. The first kappa shape index (κ1) is 16.0. The van der Waals surface area contributed by atoms with Crippen molar-refractivity contribution in [3.05, 3.63) is 52.0 Å². The van der Waals surface area contributed by atoms with Gasteiger partial charge in [-0.25, -0.2) is 0 Å². The molecule has 0 saturated carbocycles. The largest absolute Gasteiger partial charge is 0.399 e. The van der Waals surface area contributed by atoms with Crippen molar-refractivity contribution in [2.24, 2.45) is 0 Å². The van der Waals surface area contributed by atoms with Crippen molar-refractivity contribution >= 4 is 55.6 Å². The Kier molecular flexibility index (Phi) is 5.39. The third kappa shape index (κ3) is 4.30. The van der Waals surface area contributed by atoms with Crippen LogP contribution >= 0.6 is 27.5 Å². The summed E-state index contributed by atoms with van der Waals surface area (Å²) in [7, 11) is -1.49. The zero-order valence-electron chi connectivity index (χ0n) is 10.8. The molecule has 0 aliphatic carbocycles. The Balaban J connectivity index is 2.05. The van der Waals surface area contributed by atoms with E-state index in [0.717, 1.165) is 0 Å². The summed E-state index contributed by atoms with van der Waals surface area (Å²) in [6, 6.07) is 11.8. The van der Waals surface area contributed by atoms with Gasteiger partial charge in [0.15, 0.2) is 0 Å². The highest BCUT2D eigenvalue weighted by Crippen LogP contribution is 2.25. The molecule has 0 saturated heterocycles. The van der Waals surface area contributed by atoms with Crippen LogP contribution in [0.1, 0.15) is 0 Å². The van der Waals surface area contributed by atoms with E-state index >= 15 is 0 Å². The second-order valence-corrected chi connectivity index (χ2v) is 6.89. The third-order valence-electron chi connectivity index (χ3n) is 2.61. The normalized spacial score (nSPS) is 11.9. The molecule has 2 aromatic carbocycles. The van der Waals surface area contributed by atoms with Gasteiger partial charge in [0.2, 0.25) is 5.91 Å². The Morgan fingerprint density at radius 2 is 2.00 bits per heavy atom. The number of rotatable bonds is 4. The maximum absolute atomic E-state index is 12.1. The Bertz CT molecular complexity index is 709. The second-order valence-electron chi connectivity index (χ2n) is 4.21. The van der Waals surface area contributed by atoms with Gasteiger partial charge in [0, 0.05) is 10.2 Å². The topological polar surface area (TPSA) is 72.2 Å². The summed E-state index contributed by atoms with van der Waals surface area (Å²) in [6.07, 6.45) is 0. The molecule has 0 aliphatic rings. The fourth-order valence-electron chi connectivity index (χ4n) is 1.65. The van der Waals surface area contributed by atoms with E-state index in [0.29, 0.717) is 25.8 Å². The summed E-state index contributed by atoms with van der Waals surface area (Å²) in [6.45, 7) is 0. The number of carbonyl (C=O) groups excluding carboxylic acids is 1. The molecule has 2 aromatic rings. The van der Waals surface area contributed by atoms with Crippen LogP contribution in [0.2, 0.25) is 5.02 Å². The van der Waals surface area contributed by atoms with E-state index in [9.17, 15) is 9.00 Å². The quantitative estimate of drug-likeness (QED) is 0.789. The average molecular weight is 388 g/mol. The van der Waals surface area contributed by atoms with Crippen molar-refractivity contribution in [3.8, 4) is 0 Å². The summed E-state index contributed by atoms with van der Waals surface area (Å²) in [5.74, 6) is -0.528. The minimum absolute atomic E-state index is 0.166. The van der Waals surface area contributed by atoms with Crippen LogP contribution in [0, 0.1) is 0 Å². The molecule has 21 heavy (non-hydrogen) atoms. The molecule has 1 unspecified atom stereocenters. The van der Waals surface area contributed by atoms with Crippen LogP contribution in [0.3, 0.4) is 0 Å². The van der Waals surface area contributed by atoms with Gasteiger partial charge in [-0.05, 0) is 46.3 Å². The summed E-state index contributed by atoms with van der Waals surface area (Å²) in [5, 5.41) is 3.07. The van der Waals surface area contributed by atoms with Crippen molar-refractivity contribution in [1.29, 1.82) is 0 Å². The molecule has 3 N–H and O–H groups in total. The van der Waals surface area contributed by atoms with E-state index in [2.05, 4.69) is 21.2 Å². The minimum atomic E-state index is -1.49. The Hall–Kier alpha value is -1.37. The number of carbonyl (C=O) groups is 1. The van der Waals surface area contributed by atoms with Gasteiger partial charge < -0.3 is 11.1 Å². The van der Waals surface area contributed by atoms with Crippen molar-refractivity contribution in [2.45, 2.75) is 4.90 Å². The van der Waals surface area contributed by atoms with Gasteiger partial charge in [-0.2, -0.15) is 0 Å². The lowest BCUT2D eigenvalue weighted by atomic mass is 10.3. The number of hydrogen-bond donors (Lipinski definition) is 2. The van der Waals surface area contributed by atoms with E-state index in [1.54, 1.807) is 42.5 Å². The standard InChI is InChI=1S/C14H12BrClN2O2S/c15-10-7-9(17)5-6-12(10)18-14(19)8-21(20)13-4-2-1-3-11(13)16/h1-7H,8,17H2,(H,18,19). The van der Waals surface area contributed by atoms with Crippen molar-refractivity contribution in [1.82, 2.24) is 0 Å². The highest BCUT2D eigenvalue weighted by Gasteiger charge is 2.14. The first-order valence-corrected chi connectivity index (χ1v) is 8.44. The minimum Gasteiger partial charge on any atom is -0.399 e. The Labute approximate surface area is 138 Å². The predicted octanol–water partition coefficient (Wildman–Crippen LogP) is 3.43. The van der Waals surface area contributed by atoms with Crippen LogP contribution in [0.25, 0.3) is 0 Å². The molecular formula is C14H12BrClN2O2S. The molecule has 0 heterocycles. The van der Waals surface area contributed by atoms with Crippen molar-refractivity contribution in [3.63, 3.8) is 0 Å². The Morgan fingerprint density at radius 1 is 1.29 bits per heavy atom. The number of anilines is 2. The van der Waals surface area contributed by atoms with Crippen LogP contribution in [0.5, 0.6) is 0 Å². The SMILES string of the molecule is Nc1ccc(NC(=O)CS(=O)c2ccccc2Cl)c(Br)c1. The lowest BCUT2D eigenvalue weighted by Gasteiger charge is -2.08. The molecule has 0 fully saturated rings. The highest BCUT2D eigenvalue weighted by molar-refractivity contribution is 9.10. The molecular weight excluding hydrogens is 376 g/mol. The molecule has 0 aromatic heterocycles. The lowest BCUT2D eigenvalue weighted by Crippen LogP contribution is -2.20. The summed E-state index contributed by atoms with van der Waals surface area (Å²) in [4.78, 5) is 12.4. The lowest BCUT2D eigenvalue weighted by molar-refractivity contribution is -0.113. The van der Waals surface area contributed by atoms with Crippen LogP contribution in [-0.4, -0.2) is 15.9 Å². The number of amides is 1. The van der Waals surface area contributed by atoms with Crippen LogP contribution < -0.4 is 11.1 Å². The predicted molar refractivity (Wildman–Crippen MR) is 89.9 cm³/mol. The number of nitrogens with one attached hydrogen (secondary N) is 1. The van der Waals surface area contributed by atoms with Crippen LogP contribution in [0.15, 0.2) is 51.8 Å². The first-order chi connectivity index (χ1) is 9.97. The van der Waals surface area contributed by atoms with Gasteiger partial charge in [0.05, 0.1) is 26.4 Å². The van der Waals surface area contributed by atoms with Gasteiger partial charge >= 0.3 is 0 Å². The van der Waals surface area contributed by atoms with Crippen LogP contribution in [-0.2, 0) is 15.6 Å². The van der Waals surface area contributed by atoms with Gasteiger partial charge in [-0.15, -0.1) is 0 Å².